The summed E-state index contributed by atoms with van der Waals surface area (Å²) in [6, 6.07) is 19.6. The number of aliphatic imine (C=N–C) groups is 1. The van der Waals surface area contributed by atoms with Crippen molar-refractivity contribution in [1.82, 2.24) is 5.32 Å². The fourth-order valence-corrected chi connectivity index (χ4v) is 5.64. The van der Waals surface area contributed by atoms with Crippen LogP contribution in [0.4, 0.5) is 14.5 Å². The summed E-state index contributed by atoms with van der Waals surface area (Å²) < 4.78 is 32.7. The lowest BCUT2D eigenvalue weighted by Crippen LogP contribution is -2.50. The average molecular weight is 562 g/mol. The number of nitrogens with zero attached hydrogens (tertiary/aromatic N) is 2. The van der Waals surface area contributed by atoms with Gasteiger partial charge in [0, 0.05) is 36.4 Å². The first-order valence-corrected chi connectivity index (χ1v) is 13.9. The summed E-state index contributed by atoms with van der Waals surface area (Å²) in [6.07, 6.45) is 1.83. The second kappa shape index (κ2) is 12.6. The number of benzodiazepines with no additional fused rings is 1. The predicted octanol–water partition coefficient (Wildman–Crippen LogP) is 4.86. The third kappa shape index (κ3) is 6.62. The van der Waals surface area contributed by atoms with E-state index in [0.29, 0.717) is 17.8 Å². The van der Waals surface area contributed by atoms with Gasteiger partial charge in [0.15, 0.2) is 0 Å². The summed E-state index contributed by atoms with van der Waals surface area (Å²) in [7, 11) is 1.64. The molecule has 0 bridgehead atoms. The van der Waals surface area contributed by atoms with Crippen LogP contribution >= 0.6 is 0 Å². The number of aliphatic hydroxyl groups is 1. The number of hydrogen-bond donors (Lipinski definition) is 2. The number of carbonyl (C=O) groups is 2. The third-order valence-electron chi connectivity index (χ3n) is 7.79. The van der Waals surface area contributed by atoms with Crippen molar-refractivity contribution in [3.05, 3.63) is 95.6 Å². The van der Waals surface area contributed by atoms with Gasteiger partial charge in [-0.1, -0.05) is 74.2 Å². The Morgan fingerprint density at radius 1 is 1.05 bits per heavy atom. The van der Waals surface area contributed by atoms with E-state index in [4.69, 9.17) is 9.73 Å². The van der Waals surface area contributed by atoms with Gasteiger partial charge in [-0.15, -0.1) is 0 Å². The first-order chi connectivity index (χ1) is 19.8. The van der Waals surface area contributed by atoms with Crippen molar-refractivity contribution in [3.8, 4) is 5.75 Å². The molecule has 1 heterocycles. The fourth-order valence-electron chi connectivity index (χ4n) is 5.64. The maximum absolute atomic E-state index is 13.8. The van der Waals surface area contributed by atoms with Crippen molar-refractivity contribution in [1.29, 1.82) is 0 Å². The Morgan fingerprint density at radius 2 is 1.71 bits per heavy atom. The average Bonchev–Trinajstić information content (AvgIpc) is 3.46. The van der Waals surface area contributed by atoms with E-state index < -0.39 is 41.6 Å². The Bertz CT molecular complexity index is 1410. The van der Waals surface area contributed by atoms with Crippen LogP contribution in [0.2, 0.25) is 0 Å². The molecule has 41 heavy (non-hydrogen) atoms. The summed E-state index contributed by atoms with van der Waals surface area (Å²) >= 11 is 0. The molecule has 1 unspecified atom stereocenters. The zero-order valence-electron chi connectivity index (χ0n) is 22.8. The Hall–Kier alpha value is -4.11. The van der Waals surface area contributed by atoms with Gasteiger partial charge in [0.25, 0.3) is 5.91 Å². The highest BCUT2D eigenvalue weighted by molar-refractivity contribution is 6.20. The lowest BCUT2D eigenvalue weighted by molar-refractivity contribution is -0.133. The number of nitrogens with one attached hydrogen (secondary N) is 1. The first kappa shape index (κ1) is 28.4. The van der Waals surface area contributed by atoms with E-state index in [1.165, 1.54) is 4.90 Å². The molecule has 7 nitrogen and oxygen atoms in total. The number of aliphatic hydroxyl groups excluding tert-OH is 1. The number of hydrogen-bond acceptors (Lipinski definition) is 5. The van der Waals surface area contributed by atoms with Crippen molar-refractivity contribution in [2.75, 3.05) is 18.6 Å². The molecule has 0 spiro atoms. The molecule has 3 atom stereocenters. The van der Waals surface area contributed by atoms with E-state index >= 15 is 0 Å². The molecule has 1 aliphatic heterocycles. The van der Waals surface area contributed by atoms with E-state index in [-0.39, 0.29) is 18.3 Å². The number of para-hydroxylation sites is 1. The minimum Gasteiger partial charge on any atom is -0.491 e. The summed E-state index contributed by atoms with van der Waals surface area (Å²) in [5.41, 5.74) is 2.77. The number of carbonyl (C=O) groups excluding carboxylic acids is 2. The van der Waals surface area contributed by atoms with Gasteiger partial charge in [-0.2, -0.15) is 0 Å². The van der Waals surface area contributed by atoms with Crippen molar-refractivity contribution in [3.63, 3.8) is 0 Å². The SMILES string of the molecule is CN1C(=O)C(NC(=O)[C@@H](CC2CCCC2)[C@@H](O)COc2cc(F)cc(F)c2)N=C(c2ccccc2)c2ccccc21. The Morgan fingerprint density at radius 3 is 2.41 bits per heavy atom. The molecule has 1 aliphatic carbocycles. The minimum atomic E-state index is -1.28. The second-order valence-electron chi connectivity index (χ2n) is 10.6. The van der Waals surface area contributed by atoms with Crippen LogP contribution in [0.5, 0.6) is 5.75 Å². The number of likely N-dealkylation sites (N-methyl/N-ethyl adjacent to an activating group) is 1. The van der Waals surface area contributed by atoms with Crippen LogP contribution in [0.1, 0.15) is 43.2 Å². The number of anilines is 1. The van der Waals surface area contributed by atoms with Crippen molar-refractivity contribution in [2.24, 2.45) is 16.8 Å². The largest absolute Gasteiger partial charge is 0.491 e. The molecule has 1 saturated carbocycles. The smallest absolute Gasteiger partial charge is 0.272 e. The standard InChI is InChI=1S/C32H33F2N3O4/c1-37-27-14-8-7-13-25(27)29(21-11-3-2-4-12-21)35-30(32(37)40)36-31(39)26(15-20-9-5-6-10-20)28(38)19-41-24-17-22(33)16-23(34)18-24/h2-4,7-8,11-14,16-18,20,26,28,30,38H,5-6,9-10,15,19H2,1H3,(H,36,39)/t26-,28-,30?/m0/s1. The minimum absolute atomic E-state index is 0.0861. The van der Waals surface area contributed by atoms with Gasteiger partial charge in [0.1, 0.15) is 24.0 Å². The Kier molecular flexibility index (Phi) is 8.73. The maximum atomic E-state index is 13.8. The number of ether oxygens (including phenoxy) is 1. The molecule has 0 saturated heterocycles. The van der Waals surface area contributed by atoms with Crippen LogP contribution in [-0.4, -0.2) is 48.6 Å². The van der Waals surface area contributed by atoms with Crippen LogP contribution in [0.15, 0.2) is 77.8 Å². The summed E-state index contributed by atoms with van der Waals surface area (Å²) in [5, 5.41) is 13.9. The van der Waals surface area contributed by atoms with Crippen LogP contribution < -0.4 is 15.0 Å². The maximum Gasteiger partial charge on any atom is 0.272 e. The lowest BCUT2D eigenvalue weighted by Gasteiger charge is -2.27. The van der Waals surface area contributed by atoms with Gasteiger partial charge >= 0.3 is 0 Å². The lowest BCUT2D eigenvalue weighted by atomic mass is 9.88. The summed E-state index contributed by atoms with van der Waals surface area (Å²) in [5.74, 6) is -3.35. The third-order valence-corrected chi connectivity index (χ3v) is 7.79. The highest BCUT2D eigenvalue weighted by Gasteiger charge is 2.36. The molecule has 9 heteroatoms. The van der Waals surface area contributed by atoms with Gasteiger partial charge in [0.05, 0.1) is 23.4 Å². The monoisotopic (exact) mass is 561 g/mol. The van der Waals surface area contributed by atoms with Crippen molar-refractivity contribution in [2.45, 2.75) is 44.4 Å². The number of halogens is 2. The molecule has 2 amide bonds. The summed E-state index contributed by atoms with van der Waals surface area (Å²) in [6.45, 7) is -0.351. The van der Waals surface area contributed by atoms with Crippen LogP contribution in [0, 0.1) is 23.5 Å². The molecule has 214 valence electrons. The quantitative estimate of drug-likeness (QED) is 0.391. The van der Waals surface area contributed by atoms with E-state index in [1.54, 1.807) is 7.05 Å². The first-order valence-electron chi connectivity index (χ1n) is 13.9. The highest BCUT2D eigenvalue weighted by atomic mass is 19.1. The molecule has 5 rings (SSSR count). The van der Waals surface area contributed by atoms with E-state index in [9.17, 15) is 23.5 Å². The molecule has 2 N–H and O–H groups in total. The molecule has 3 aromatic rings. The molecule has 1 fully saturated rings. The summed E-state index contributed by atoms with van der Waals surface area (Å²) in [4.78, 5) is 33.6. The van der Waals surface area contributed by atoms with E-state index in [1.807, 2.05) is 54.6 Å². The number of rotatable bonds is 9. The number of benzene rings is 3. The highest BCUT2D eigenvalue weighted by Crippen LogP contribution is 2.32. The van der Waals surface area contributed by atoms with Crippen molar-refractivity contribution >= 4 is 23.2 Å². The second-order valence-corrected chi connectivity index (χ2v) is 10.6. The Labute approximate surface area is 237 Å². The molecule has 0 aromatic heterocycles. The van der Waals surface area contributed by atoms with Crippen LogP contribution in [-0.2, 0) is 9.59 Å². The van der Waals surface area contributed by atoms with Gasteiger partial charge < -0.3 is 20.1 Å². The topological polar surface area (TPSA) is 91.2 Å². The zero-order chi connectivity index (χ0) is 28.9. The molecular weight excluding hydrogens is 528 g/mol. The normalized spacial score (nSPS) is 18.7. The molecule has 0 radical (unpaired) electrons. The number of amides is 2. The van der Waals surface area contributed by atoms with Crippen LogP contribution in [0.3, 0.4) is 0 Å². The van der Waals surface area contributed by atoms with Gasteiger partial charge in [-0.3, -0.25) is 9.59 Å². The van der Waals surface area contributed by atoms with Crippen molar-refractivity contribution < 1.29 is 28.2 Å². The van der Waals surface area contributed by atoms with Gasteiger partial charge in [0.2, 0.25) is 12.1 Å². The van der Waals surface area contributed by atoms with E-state index in [0.717, 1.165) is 55.0 Å². The molecule has 2 aliphatic rings. The van der Waals surface area contributed by atoms with E-state index in [2.05, 4.69) is 5.32 Å². The predicted molar refractivity (Wildman–Crippen MR) is 152 cm³/mol. The number of fused-ring (bicyclic) bond motifs is 1. The van der Waals surface area contributed by atoms with Crippen LogP contribution in [0.25, 0.3) is 0 Å². The fraction of sp³-hybridized carbons (Fsp3) is 0.344. The molecule has 3 aromatic carbocycles. The van der Waals surface area contributed by atoms with Gasteiger partial charge in [-0.05, 0) is 18.4 Å². The molecular formula is C32H33F2N3O4. The zero-order valence-corrected chi connectivity index (χ0v) is 22.8. The Balaban J connectivity index is 1.41. The van der Waals surface area contributed by atoms with Gasteiger partial charge in [-0.25, -0.2) is 13.8 Å².